The van der Waals surface area contributed by atoms with E-state index < -0.39 is 0 Å². The summed E-state index contributed by atoms with van der Waals surface area (Å²) in [5, 5.41) is 4.97. The monoisotopic (exact) mass is 290 g/mol. The first-order chi connectivity index (χ1) is 9.58. The zero-order valence-corrected chi connectivity index (χ0v) is 12.4. The average molecular weight is 290 g/mol. The molecule has 0 aliphatic carbocycles. The third kappa shape index (κ3) is 3.55. The Balaban J connectivity index is 2.01. The first-order valence-electron chi connectivity index (χ1n) is 6.28. The second-order valence-corrected chi connectivity index (χ2v) is 5.56. The summed E-state index contributed by atoms with van der Waals surface area (Å²) in [5.74, 6) is -0.194. The summed E-state index contributed by atoms with van der Waals surface area (Å²) in [6.45, 7) is 0.521. The van der Waals surface area contributed by atoms with Crippen LogP contribution in [0.15, 0.2) is 35.7 Å². The summed E-state index contributed by atoms with van der Waals surface area (Å²) in [5.41, 5.74) is 7.07. The maximum atomic E-state index is 12.0. The lowest BCUT2D eigenvalue weighted by atomic mass is 10.1. The molecule has 1 aromatic carbocycles. The fraction of sp³-hybridized carbons (Fsp3) is 0.286. The smallest absolute Gasteiger partial charge is 0.270 e. The van der Waals surface area contributed by atoms with Crippen molar-refractivity contribution in [3.8, 4) is 0 Å². The molecule has 1 heterocycles. The molecule has 3 N–H and O–H groups in total. The minimum Gasteiger partial charge on any atom is -0.375 e. The zero-order chi connectivity index (χ0) is 14.5. The molecule has 0 saturated carbocycles. The van der Waals surface area contributed by atoms with Gasteiger partial charge in [0.1, 0.15) is 5.69 Å². The number of nitrogens with zero attached hydrogens (tertiary/aromatic N) is 2. The minimum atomic E-state index is -0.194. The summed E-state index contributed by atoms with van der Waals surface area (Å²) < 4.78 is 0. The number of benzene rings is 1. The Bertz CT molecular complexity index is 568. The van der Waals surface area contributed by atoms with Crippen molar-refractivity contribution in [1.29, 1.82) is 0 Å². The van der Waals surface area contributed by atoms with E-state index in [1.165, 1.54) is 11.3 Å². The Morgan fingerprint density at radius 3 is 2.65 bits per heavy atom. The van der Waals surface area contributed by atoms with Gasteiger partial charge in [-0.3, -0.25) is 4.79 Å². The molecule has 1 atom stereocenters. The summed E-state index contributed by atoms with van der Waals surface area (Å²) in [4.78, 5) is 18.0. The molecule has 0 aliphatic heterocycles. The van der Waals surface area contributed by atoms with E-state index >= 15 is 0 Å². The maximum absolute atomic E-state index is 12.0. The highest BCUT2D eigenvalue weighted by Gasteiger charge is 2.16. The molecule has 6 heteroatoms. The molecule has 2 aromatic rings. The van der Waals surface area contributed by atoms with Crippen molar-refractivity contribution in [3.63, 3.8) is 0 Å². The van der Waals surface area contributed by atoms with Crippen LogP contribution in [0, 0.1) is 0 Å². The number of aromatic nitrogens is 1. The third-order valence-electron chi connectivity index (χ3n) is 3.02. The van der Waals surface area contributed by atoms with Gasteiger partial charge in [0.15, 0.2) is 5.13 Å². The van der Waals surface area contributed by atoms with Crippen LogP contribution in [0.2, 0.25) is 0 Å². The highest BCUT2D eigenvalue weighted by atomic mass is 32.1. The lowest BCUT2D eigenvalue weighted by molar-refractivity contribution is 0.0937. The van der Waals surface area contributed by atoms with Crippen molar-refractivity contribution in [2.45, 2.75) is 6.04 Å². The fourth-order valence-electron chi connectivity index (χ4n) is 1.95. The molecule has 0 saturated heterocycles. The van der Waals surface area contributed by atoms with Gasteiger partial charge in [0.2, 0.25) is 0 Å². The number of carbonyl (C=O) groups excluding carboxylic acids is 1. The number of amides is 1. The lowest BCUT2D eigenvalue weighted by Gasteiger charge is -2.24. The summed E-state index contributed by atoms with van der Waals surface area (Å²) in [6, 6.07) is 10.2. The van der Waals surface area contributed by atoms with E-state index in [2.05, 4.69) is 27.3 Å². The van der Waals surface area contributed by atoms with E-state index in [-0.39, 0.29) is 11.9 Å². The first kappa shape index (κ1) is 14.5. The Labute approximate surface area is 122 Å². The van der Waals surface area contributed by atoms with Crippen LogP contribution >= 0.6 is 11.3 Å². The number of hydrogen-bond acceptors (Lipinski definition) is 5. The maximum Gasteiger partial charge on any atom is 0.270 e. The van der Waals surface area contributed by atoms with Gasteiger partial charge >= 0.3 is 0 Å². The Kier molecular flexibility index (Phi) is 4.70. The number of nitrogens with two attached hydrogens (primary N) is 1. The summed E-state index contributed by atoms with van der Waals surface area (Å²) in [6.07, 6.45) is 0. The topological polar surface area (TPSA) is 71.2 Å². The van der Waals surface area contributed by atoms with Crippen LogP contribution in [0.4, 0.5) is 5.13 Å². The van der Waals surface area contributed by atoms with Crippen molar-refractivity contribution < 1.29 is 4.79 Å². The normalized spacial score (nSPS) is 12.3. The SMILES string of the molecule is CN(C)C(CNC(=O)c1csc(N)n1)c1ccccc1. The quantitative estimate of drug-likeness (QED) is 0.880. The number of nitrogens with one attached hydrogen (secondary N) is 1. The van der Waals surface area contributed by atoms with E-state index in [0.29, 0.717) is 17.4 Å². The van der Waals surface area contributed by atoms with Gasteiger partial charge in [-0.05, 0) is 19.7 Å². The standard InChI is InChI=1S/C14H18N4OS/c1-18(2)12(10-6-4-3-5-7-10)8-16-13(19)11-9-20-14(15)17-11/h3-7,9,12H,8H2,1-2H3,(H2,15,17)(H,16,19). The summed E-state index contributed by atoms with van der Waals surface area (Å²) in [7, 11) is 3.98. The van der Waals surface area contributed by atoms with E-state index in [1.807, 2.05) is 32.3 Å². The van der Waals surface area contributed by atoms with Crippen molar-refractivity contribution in [3.05, 3.63) is 47.0 Å². The molecular formula is C14H18N4OS. The lowest BCUT2D eigenvalue weighted by Crippen LogP contribution is -2.34. The Morgan fingerprint density at radius 2 is 2.10 bits per heavy atom. The van der Waals surface area contributed by atoms with E-state index in [1.54, 1.807) is 5.38 Å². The molecule has 106 valence electrons. The second-order valence-electron chi connectivity index (χ2n) is 4.67. The number of anilines is 1. The average Bonchev–Trinajstić information content (AvgIpc) is 2.86. The van der Waals surface area contributed by atoms with Crippen LogP contribution in [-0.2, 0) is 0 Å². The van der Waals surface area contributed by atoms with Crippen LogP contribution in [0.25, 0.3) is 0 Å². The largest absolute Gasteiger partial charge is 0.375 e. The molecule has 2 rings (SSSR count). The number of nitrogen functional groups attached to an aromatic ring is 1. The molecule has 0 spiro atoms. The fourth-order valence-corrected chi connectivity index (χ4v) is 2.49. The molecule has 1 amide bonds. The minimum absolute atomic E-state index is 0.121. The van der Waals surface area contributed by atoms with Gasteiger partial charge in [0.25, 0.3) is 5.91 Å². The van der Waals surface area contributed by atoms with Gasteiger partial charge in [-0.15, -0.1) is 11.3 Å². The number of hydrogen-bond donors (Lipinski definition) is 2. The van der Waals surface area contributed by atoms with Gasteiger partial charge < -0.3 is 16.0 Å². The van der Waals surface area contributed by atoms with Crippen molar-refractivity contribution in [1.82, 2.24) is 15.2 Å². The van der Waals surface area contributed by atoms with Crippen LogP contribution in [0.3, 0.4) is 0 Å². The molecule has 5 nitrogen and oxygen atoms in total. The van der Waals surface area contributed by atoms with Gasteiger partial charge in [-0.1, -0.05) is 30.3 Å². The van der Waals surface area contributed by atoms with Crippen LogP contribution < -0.4 is 11.1 Å². The molecule has 20 heavy (non-hydrogen) atoms. The van der Waals surface area contributed by atoms with Gasteiger partial charge in [-0.2, -0.15) is 0 Å². The second kappa shape index (κ2) is 6.49. The van der Waals surface area contributed by atoms with Crippen LogP contribution in [-0.4, -0.2) is 36.4 Å². The van der Waals surface area contributed by atoms with Gasteiger partial charge in [0.05, 0.1) is 6.04 Å². The van der Waals surface area contributed by atoms with Crippen molar-refractivity contribution >= 4 is 22.4 Å². The molecule has 0 fully saturated rings. The first-order valence-corrected chi connectivity index (χ1v) is 7.16. The predicted molar refractivity (Wildman–Crippen MR) is 81.7 cm³/mol. The number of carbonyl (C=O) groups is 1. The van der Waals surface area contributed by atoms with Gasteiger partial charge in [-0.25, -0.2) is 4.98 Å². The van der Waals surface area contributed by atoms with E-state index in [4.69, 9.17) is 5.73 Å². The van der Waals surface area contributed by atoms with E-state index in [9.17, 15) is 4.79 Å². The number of rotatable bonds is 5. The highest BCUT2D eigenvalue weighted by molar-refractivity contribution is 7.13. The highest BCUT2D eigenvalue weighted by Crippen LogP contribution is 2.17. The zero-order valence-electron chi connectivity index (χ0n) is 11.5. The van der Waals surface area contributed by atoms with Crippen LogP contribution in [0.5, 0.6) is 0 Å². The van der Waals surface area contributed by atoms with Gasteiger partial charge in [0, 0.05) is 11.9 Å². The predicted octanol–water partition coefficient (Wildman–Crippen LogP) is 1.76. The molecule has 1 aromatic heterocycles. The molecular weight excluding hydrogens is 272 g/mol. The van der Waals surface area contributed by atoms with Crippen molar-refractivity contribution in [2.24, 2.45) is 0 Å². The van der Waals surface area contributed by atoms with Crippen LogP contribution in [0.1, 0.15) is 22.1 Å². The number of thiazole rings is 1. The molecule has 0 radical (unpaired) electrons. The molecule has 0 aliphatic rings. The molecule has 0 bridgehead atoms. The Morgan fingerprint density at radius 1 is 1.40 bits per heavy atom. The third-order valence-corrected chi connectivity index (χ3v) is 3.69. The number of likely N-dealkylation sites (N-methyl/N-ethyl adjacent to an activating group) is 1. The van der Waals surface area contributed by atoms with E-state index in [0.717, 1.165) is 5.56 Å². The Hall–Kier alpha value is -1.92. The van der Waals surface area contributed by atoms with Crippen molar-refractivity contribution in [2.75, 3.05) is 26.4 Å². The molecule has 1 unspecified atom stereocenters. The summed E-state index contributed by atoms with van der Waals surface area (Å²) >= 11 is 1.27.